The molecular formula is C20H24N2O4. The average Bonchev–Trinajstić information content (AvgIpc) is 3.25. The van der Waals surface area contributed by atoms with Gasteiger partial charge in [-0.05, 0) is 32.0 Å². The van der Waals surface area contributed by atoms with Gasteiger partial charge in [0.15, 0.2) is 0 Å². The molecule has 1 aromatic carbocycles. The topological polar surface area (TPSA) is 71.8 Å². The first kappa shape index (κ1) is 18.0. The van der Waals surface area contributed by atoms with Crippen molar-refractivity contribution in [2.24, 2.45) is 5.92 Å². The molecule has 138 valence electrons. The quantitative estimate of drug-likeness (QED) is 0.864. The highest BCUT2D eigenvalue weighted by molar-refractivity contribution is 5.89. The highest BCUT2D eigenvalue weighted by Crippen LogP contribution is 2.27. The van der Waals surface area contributed by atoms with Gasteiger partial charge in [-0.3, -0.25) is 9.59 Å². The normalized spacial score (nSPS) is 18.0. The van der Waals surface area contributed by atoms with Gasteiger partial charge in [-0.25, -0.2) is 0 Å². The zero-order chi connectivity index (χ0) is 18.7. The van der Waals surface area contributed by atoms with E-state index in [1.165, 1.54) is 0 Å². The van der Waals surface area contributed by atoms with Gasteiger partial charge in [0.05, 0.1) is 31.9 Å². The van der Waals surface area contributed by atoms with Crippen LogP contribution in [0.4, 0.5) is 0 Å². The van der Waals surface area contributed by atoms with Gasteiger partial charge in [-0.1, -0.05) is 17.7 Å². The Bertz CT molecular complexity index is 785. The molecule has 0 aliphatic carbocycles. The van der Waals surface area contributed by atoms with Crippen molar-refractivity contribution in [1.82, 2.24) is 10.2 Å². The third-order valence-electron chi connectivity index (χ3n) is 4.72. The lowest BCUT2D eigenvalue weighted by molar-refractivity contribution is -0.129. The Labute approximate surface area is 153 Å². The van der Waals surface area contributed by atoms with E-state index in [1.54, 1.807) is 24.3 Å². The fraction of sp³-hybridized carbons (Fsp3) is 0.400. The van der Waals surface area contributed by atoms with Crippen molar-refractivity contribution in [1.29, 1.82) is 0 Å². The first-order chi connectivity index (χ1) is 12.5. The molecular weight excluding hydrogens is 332 g/mol. The maximum absolute atomic E-state index is 12.7. The fourth-order valence-electron chi connectivity index (χ4n) is 3.29. The van der Waals surface area contributed by atoms with Gasteiger partial charge in [0.25, 0.3) is 0 Å². The molecule has 1 aliphatic rings. The van der Waals surface area contributed by atoms with Crippen molar-refractivity contribution >= 4 is 11.8 Å². The standard InChI is InChI=1S/C20H24N2O4/c1-13-6-7-18(25-3)17(9-13)14(2)21-20(24)15-10-19(23)22(11-15)12-16-5-4-8-26-16/h4-9,14-15H,10-12H2,1-3H3,(H,21,24). The molecule has 1 saturated heterocycles. The summed E-state index contributed by atoms with van der Waals surface area (Å²) in [6, 6.07) is 9.29. The van der Waals surface area contributed by atoms with Gasteiger partial charge in [0.1, 0.15) is 11.5 Å². The van der Waals surface area contributed by atoms with E-state index < -0.39 is 0 Å². The molecule has 6 heteroatoms. The number of hydrogen-bond donors (Lipinski definition) is 1. The smallest absolute Gasteiger partial charge is 0.225 e. The largest absolute Gasteiger partial charge is 0.496 e. The molecule has 0 spiro atoms. The molecule has 6 nitrogen and oxygen atoms in total. The minimum atomic E-state index is -0.351. The van der Waals surface area contributed by atoms with Crippen LogP contribution >= 0.6 is 0 Å². The third kappa shape index (κ3) is 3.90. The summed E-state index contributed by atoms with van der Waals surface area (Å²) in [7, 11) is 1.62. The second-order valence-corrected chi connectivity index (χ2v) is 6.73. The molecule has 0 bridgehead atoms. The minimum Gasteiger partial charge on any atom is -0.496 e. The molecule has 2 aromatic rings. The number of furan rings is 1. The molecule has 3 rings (SSSR count). The van der Waals surface area contributed by atoms with Crippen molar-refractivity contribution in [3.8, 4) is 5.75 Å². The minimum absolute atomic E-state index is 0.0256. The number of carbonyl (C=O) groups excluding carboxylic acids is 2. The number of methoxy groups -OCH3 is 1. The predicted molar refractivity (Wildman–Crippen MR) is 96.5 cm³/mol. The van der Waals surface area contributed by atoms with Crippen LogP contribution in [0, 0.1) is 12.8 Å². The number of ether oxygens (including phenoxy) is 1. The number of rotatable bonds is 6. The van der Waals surface area contributed by atoms with Gasteiger partial charge in [0, 0.05) is 18.5 Å². The molecule has 26 heavy (non-hydrogen) atoms. The number of amides is 2. The van der Waals surface area contributed by atoms with Crippen LogP contribution in [-0.2, 0) is 16.1 Å². The summed E-state index contributed by atoms with van der Waals surface area (Å²) in [6.07, 6.45) is 1.81. The van der Waals surface area contributed by atoms with Gasteiger partial charge in [-0.2, -0.15) is 0 Å². The number of benzene rings is 1. The Balaban J connectivity index is 1.63. The van der Waals surface area contributed by atoms with Gasteiger partial charge >= 0.3 is 0 Å². The van der Waals surface area contributed by atoms with Crippen molar-refractivity contribution in [2.75, 3.05) is 13.7 Å². The maximum atomic E-state index is 12.7. The second-order valence-electron chi connectivity index (χ2n) is 6.73. The summed E-state index contributed by atoms with van der Waals surface area (Å²) < 4.78 is 10.7. The van der Waals surface area contributed by atoms with Crippen LogP contribution in [0.15, 0.2) is 41.0 Å². The van der Waals surface area contributed by atoms with Gasteiger partial charge in [-0.15, -0.1) is 0 Å². The number of nitrogens with one attached hydrogen (secondary N) is 1. The molecule has 1 fully saturated rings. The van der Waals surface area contributed by atoms with Crippen LogP contribution in [0.5, 0.6) is 5.75 Å². The zero-order valence-electron chi connectivity index (χ0n) is 15.3. The van der Waals surface area contributed by atoms with E-state index in [9.17, 15) is 9.59 Å². The van der Waals surface area contributed by atoms with E-state index >= 15 is 0 Å². The van der Waals surface area contributed by atoms with E-state index in [2.05, 4.69) is 5.32 Å². The highest BCUT2D eigenvalue weighted by Gasteiger charge is 2.35. The second kappa shape index (κ2) is 7.64. The van der Waals surface area contributed by atoms with Crippen molar-refractivity contribution in [2.45, 2.75) is 32.9 Å². The van der Waals surface area contributed by atoms with E-state index in [0.717, 1.165) is 22.6 Å². The molecule has 2 atom stereocenters. The molecule has 2 heterocycles. The van der Waals surface area contributed by atoms with E-state index in [4.69, 9.17) is 9.15 Å². The lowest BCUT2D eigenvalue weighted by atomic mass is 10.0. The Morgan fingerprint density at radius 1 is 1.42 bits per heavy atom. The SMILES string of the molecule is COc1ccc(C)cc1C(C)NC(=O)C1CC(=O)N(Cc2ccco2)C1. The highest BCUT2D eigenvalue weighted by atomic mass is 16.5. The number of carbonyl (C=O) groups is 2. The van der Waals surface area contributed by atoms with Crippen LogP contribution in [0.3, 0.4) is 0 Å². The Hall–Kier alpha value is -2.76. The first-order valence-electron chi connectivity index (χ1n) is 8.73. The van der Waals surface area contributed by atoms with Crippen molar-refractivity contribution < 1.29 is 18.7 Å². The summed E-state index contributed by atoms with van der Waals surface area (Å²) >= 11 is 0. The van der Waals surface area contributed by atoms with E-state index in [0.29, 0.717) is 13.1 Å². The molecule has 0 saturated carbocycles. The summed E-state index contributed by atoms with van der Waals surface area (Å²) in [4.78, 5) is 26.5. The van der Waals surface area contributed by atoms with Crippen LogP contribution in [0.2, 0.25) is 0 Å². The Morgan fingerprint density at radius 2 is 2.23 bits per heavy atom. The monoisotopic (exact) mass is 356 g/mol. The lowest BCUT2D eigenvalue weighted by Gasteiger charge is -2.20. The summed E-state index contributed by atoms with van der Waals surface area (Å²) in [5.74, 6) is 0.969. The fourth-order valence-corrected chi connectivity index (χ4v) is 3.29. The van der Waals surface area contributed by atoms with Crippen molar-refractivity contribution in [3.63, 3.8) is 0 Å². The molecule has 2 amide bonds. The van der Waals surface area contributed by atoms with Crippen LogP contribution in [0.1, 0.15) is 36.3 Å². The number of aryl methyl sites for hydroxylation is 1. The number of nitrogens with zero attached hydrogens (tertiary/aromatic N) is 1. The van der Waals surface area contributed by atoms with E-state index in [-0.39, 0.29) is 30.2 Å². The number of likely N-dealkylation sites (tertiary alicyclic amines) is 1. The van der Waals surface area contributed by atoms with E-state index in [1.807, 2.05) is 38.1 Å². The van der Waals surface area contributed by atoms with Crippen LogP contribution in [-0.4, -0.2) is 30.4 Å². The molecule has 1 N–H and O–H groups in total. The maximum Gasteiger partial charge on any atom is 0.225 e. The Morgan fingerprint density at radius 3 is 2.92 bits per heavy atom. The van der Waals surface area contributed by atoms with Crippen molar-refractivity contribution in [3.05, 3.63) is 53.5 Å². The molecule has 1 aromatic heterocycles. The van der Waals surface area contributed by atoms with Gasteiger partial charge in [0.2, 0.25) is 11.8 Å². The summed E-state index contributed by atoms with van der Waals surface area (Å²) in [5, 5.41) is 3.02. The van der Waals surface area contributed by atoms with Crippen LogP contribution in [0.25, 0.3) is 0 Å². The first-order valence-corrected chi connectivity index (χ1v) is 8.73. The summed E-state index contributed by atoms with van der Waals surface area (Å²) in [6.45, 7) is 4.73. The lowest BCUT2D eigenvalue weighted by Crippen LogP contribution is -2.34. The average molecular weight is 356 g/mol. The predicted octanol–water partition coefficient (Wildman–Crippen LogP) is 2.82. The van der Waals surface area contributed by atoms with Gasteiger partial charge < -0.3 is 19.4 Å². The molecule has 2 unspecified atom stereocenters. The summed E-state index contributed by atoms with van der Waals surface area (Å²) in [5.41, 5.74) is 2.03. The molecule has 1 aliphatic heterocycles. The number of hydrogen-bond acceptors (Lipinski definition) is 4. The van der Waals surface area contributed by atoms with Crippen LogP contribution < -0.4 is 10.1 Å². The molecule has 0 radical (unpaired) electrons. The Kier molecular flexibility index (Phi) is 5.30. The third-order valence-corrected chi connectivity index (χ3v) is 4.72. The zero-order valence-corrected chi connectivity index (χ0v) is 15.3.